The van der Waals surface area contributed by atoms with Gasteiger partial charge in [-0.05, 0) is 37.4 Å². The van der Waals surface area contributed by atoms with Gasteiger partial charge >= 0.3 is 0 Å². The number of aromatic nitrogens is 1. The Bertz CT molecular complexity index is 404. The molecule has 4 heteroatoms. The van der Waals surface area contributed by atoms with Gasteiger partial charge in [-0.1, -0.05) is 34.1 Å². The van der Waals surface area contributed by atoms with Gasteiger partial charge in [0.1, 0.15) is 6.54 Å². The van der Waals surface area contributed by atoms with Crippen LogP contribution in [0, 0.1) is 0 Å². The van der Waals surface area contributed by atoms with E-state index in [1.54, 1.807) is 0 Å². The SMILES string of the molecule is CCCC(NCC)c1ccn(CC(=O)NC(CC)CC)c1. The number of rotatable bonds is 10. The molecule has 1 heterocycles. The zero-order valence-electron chi connectivity index (χ0n) is 14.0. The molecular formula is C17H31N3O. The van der Waals surface area contributed by atoms with E-state index in [1.807, 2.05) is 10.8 Å². The second kappa shape index (κ2) is 9.61. The van der Waals surface area contributed by atoms with Crippen LogP contribution < -0.4 is 10.6 Å². The number of hydrogen-bond donors (Lipinski definition) is 2. The molecule has 0 bridgehead atoms. The van der Waals surface area contributed by atoms with Crippen LogP contribution in [0.2, 0.25) is 0 Å². The summed E-state index contributed by atoms with van der Waals surface area (Å²) in [6.07, 6.45) is 8.34. The Balaban J connectivity index is 2.59. The van der Waals surface area contributed by atoms with Crippen LogP contribution in [0.1, 0.15) is 65.0 Å². The van der Waals surface area contributed by atoms with Gasteiger partial charge in [0.15, 0.2) is 0 Å². The molecule has 0 aliphatic carbocycles. The van der Waals surface area contributed by atoms with Crippen molar-refractivity contribution in [2.75, 3.05) is 6.54 Å². The zero-order valence-corrected chi connectivity index (χ0v) is 14.0. The molecule has 0 saturated heterocycles. The highest BCUT2D eigenvalue weighted by atomic mass is 16.2. The summed E-state index contributed by atoms with van der Waals surface area (Å²) >= 11 is 0. The molecule has 1 aromatic rings. The topological polar surface area (TPSA) is 46.1 Å². The summed E-state index contributed by atoms with van der Waals surface area (Å²) in [5.74, 6) is 0.0985. The second-order valence-electron chi connectivity index (χ2n) is 5.60. The van der Waals surface area contributed by atoms with Crippen LogP contribution in [-0.4, -0.2) is 23.1 Å². The fourth-order valence-corrected chi connectivity index (χ4v) is 2.62. The first-order valence-electron chi connectivity index (χ1n) is 8.32. The van der Waals surface area contributed by atoms with Crippen LogP contribution in [0.25, 0.3) is 0 Å². The van der Waals surface area contributed by atoms with Gasteiger partial charge in [-0.15, -0.1) is 0 Å². The van der Waals surface area contributed by atoms with E-state index < -0.39 is 0 Å². The molecule has 2 N–H and O–H groups in total. The van der Waals surface area contributed by atoms with Crippen molar-refractivity contribution >= 4 is 5.91 Å². The third kappa shape index (κ3) is 5.92. The zero-order chi connectivity index (χ0) is 15.7. The van der Waals surface area contributed by atoms with Gasteiger partial charge in [-0.2, -0.15) is 0 Å². The van der Waals surface area contributed by atoms with E-state index in [4.69, 9.17) is 0 Å². The molecule has 0 saturated carbocycles. The lowest BCUT2D eigenvalue weighted by molar-refractivity contribution is -0.122. The Kier molecular flexibility index (Phi) is 8.13. The summed E-state index contributed by atoms with van der Waals surface area (Å²) < 4.78 is 1.98. The molecule has 120 valence electrons. The summed E-state index contributed by atoms with van der Waals surface area (Å²) in [5.41, 5.74) is 1.27. The lowest BCUT2D eigenvalue weighted by Crippen LogP contribution is -2.36. The minimum Gasteiger partial charge on any atom is -0.352 e. The van der Waals surface area contributed by atoms with Crippen molar-refractivity contribution in [3.63, 3.8) is 0 Å². The molecular weight excluding hydrogens is 262 g/mol. The quantitative estimate of drug-likeness (QED) is 0.695. The van der Waals surface area contributed by atoms with Crippen LogP contribution in [0.3, 0.4) is 0 Å². The maximum absolute atomic E-state index is 12.0. The first-order valence-corrected chi connectivity index (χ1v) is 8.32. The molecule has 1 aromatic heterocycles. The Morgan fingerprint density at radius 3 is 2.52 bits per heavy atom. The van der Waals surface area contributed by atoms with E-state index in [0.29, 0.717) is 18.6 Å². The molecule has 4 nitrogen and oxygen atoms in total. The monoisotopic (exact) mass is 293 g/mol. The first-order chi connectivity index (χ1) is 10.1. The second-order valence-corrected chi connectivity index (χ2v) is 5.60. The molecule has 0 aliphatic heterocycles. The van der Waals surface area contributed by atoms with Crippen LogP contribution >= 0.6 is 0 Å². The molecule has 1 amide bonds. The molecule has 1 rings (SSSR count). The minimum atomic E-state index is 0.0985. The average Bonchev–Trinajstić information content (AvgIpc) is 2.92. The van der Waals surface area contributed by atoms with Crippen LogP contribution in [0.4, 0.5) is 0 Å². The smallest absolute Gasteiger partial charge is 0.240 e. The lowest BCUT2D eigenvalue weighted by atomic mass is 10.1. The van der Waals surface area contributed by atoms with Gasteiger partial charge in [0.2, 0.25) is 5.91 Å². The molecule has 0 aliphatic rings. The standard InChI is InChI=1S/C17H31N3O/c1-5-9-16(18-8-4)14-10-11-20(12-14)13-17(21)19-15(6-2)7-3/h10-12,15-16,18H,5-9,13H2,1-4H3,(H,19,21). The molecule has 1 atom stereocenters. The predicted molar refractivity (Wildman–Crippen MR) is 88.3 cm³/mol. The minimum absolute atomic E-state index is 0.0985. The average molecular weight is 293 g/mol. The summed E-state index contributed by atoms with van der Waals surface area (Å²) in [7, 11) is 0. The predicted octanol–water partition coefficient (Wildman–Crippen LogP) is 3.24. The van der Waals surface area contributed by atoms with Crippen LogP contribution in [0.5, 0.6) is 0 Å². The van der Waals surface area contributed by atoms with Gasteiger partial charge in [0.25, 0.3) is 0 Å². The third-order valence-electron chi connectivity index (χ3n) is 3.88. The van der Waals surface area contributed by atoms with Gasteiger partial charge in [-0.25, -0.2) is 0 Å². The summed E-state index contributed by atoms with van der Waals surface area (Å²) in [5, 5.41) is 6.58. The Hall–Kier alpha value is -1.29. The largest absolute Gasteiger partial charge is 0.352 e. The highest BCUT2D eigenvalue weighted by Gasteiger charge is 2.12. The van der Waals surface area contributed by atoms with Crippen molar-refractivity contribution in [2.45, 2.75) is 72.0 Å². The first kappa shape index (κ1) is 17.8. The number of amides is 1. The van der Waals surface area contributed by atoms with E-state index >= 15 is 0 Å². The highest BCUT2D eigenvalue weighted by Crippen LogP contribution is 2.18. The van der Waals surface area contributed by atoms with Gasteiger partial charge in [-0.3, -0.25) is 4.79 Å². The number of hydrogen-bond acceptors (Lipinski definition) is 2. The molecule has 21 heavy (non-hydrogen) atoms. The number of carbonyl (C=O) groups excluding carboxylic acids is 1. The fourth-order valence-electron chi connectivity index (χ4n) is 2.62. The van der Waals surface area contributed by atoms with Crippen molar-refractivity contribution in [2.24, 2.45) is 0 Å². The highest BCUT2D eigenvalue weighted by molar-refractivity contribution is 5.76. The lowest BCUT2D eigenvalue weighted by Gasteiger charge is -2.16. The van der Waals surface area contributed by atoms with Crippen molar-refractivity contribution < 1.29 is 4.79 Å². The molecule has 0 aromatic carbocycles. The summed E-state index contributed by atoms with van der Waals surface area (Å²) in [6.45, 7) is 9.90. The Morgan fingerprint density at radius 1 is 1.24 bits per heavy atom. The normalized spacial score (nSPS) is 12.6. The molecule has 0 fully saturated rings. The van der Waals surface area contributed by atoms with E-state index in [-0.39, 0.29) is 5.91 Å². The van der Waals surface area contributed by atoms with Crippen LogP contribution in [0.15, 0.2) is 18.5 Å². The third-order valence-corrected chi connectivity index (χ3v) is 3.88. The van der Waals surface area contributed by atoms with Crippen molar-refractivity contribution in [3.8, 4) is 0 Å². The van der Waals surface area contributed by atoms with Crippen molar-refractivity contribution in [1.29, 1.82) is 0 Å². The molecule has 0 spiro atoms. The van der Waals surface area contributed by atoms with E-state index in [0.717, 1.165) is 32.2 Å². The van der Waals surface area contributed by atoms with Gasteiger partial charge in [0, 0.05) is 24.5 Å². The van der Waals surface area contributed by atoms with E-state index in [9.17, 15) is 4.79 Å². The maximum atomic E-state index is 12.0. The van der Waals surface area contributed by atoms with Crippen molar-refractivity contribution in [1.82, 2.24) is 15.2 Å². The van der Waals surface area contributed by atoms with Gasteiger partial charge < -0.3 is 15.2 Å². The van der Waals surface area contributed by atoms with E-state index in [2.05, 4.69) is 50.6 Å². The summed E-state index contributed by atoms with van der Waals surface area (Å²) in [4.78, 5) is 12.0. The van der Waals surface area contributed by atoms with Crippen LogP contribution in [-0.2, 0) is 11.3 Å². The van der Waals surface area contributed by atoms with E-state index in [1.165, 1.54) is 5.56 Å². The Labute approximate surface area is 129 Å². The maximum Gasteiger partial charge on any atom is 0.240 e. The number of carbonyl (C=O) groups is 1. The molecule has 0 radical (unpaired) electrons. The molecule has 1 unspecified atom stereocenters. The summed E-state index contributed by atoms with van der Waals surface area (Å²) in [6, 6.07) is 2.80. The number of nitrogens with zero attached hydrogens (tertiary/aromatic N) is 1. The Morgan fingerprint density at radius 2 is 1.95 bits per heavy atom. The fraction of sp³-hybridized carbons (Fsp3) is 0.706. The van der Waals surface area contributed by atoms with Gasteiger partial charge in [0.05, 0.1) is 0 Å². The number of nitrogens with one attached hydrogen (secondary N) is 2. The van der Waals surface area contributed by atoms with Crippen molar-refractivity contribution in [3.05, 3.63) is 24.0 Å².